The summed E-state index contributed by atoms with van der Waals surface area (Å²) in [6.07, 6.45) is 5.13. The molecule has 2 aromatic rings. The Bertz CT molecular complexity index is 1050. The van der Waals surface area contributed by atoms with Gasteiger partial charge in [-0.1, -0.05) is 11.0 Å². The van der Waals surface area contributed by atoms with Crippen LogP contribution in [0.5, 0.6) is 0 Å². The Morgan fingerprint density at radius 2 is 1.50 bits per heavy atom. The van der Waals surface area contributed by atoms with Gasteiger partial charge in [0.1, 0.15) is 11.3 Å². The molecule has 0 aliphatic rings. The highest BCUT2D eigenvalue weighted by molar-refractivity contribution is 5.91. The molecule has 7 nitrogen and oxygen atoms in total. The lowest BCUT2D eigenvalue weighted by molar-refractivity contribution is 0.0389. The first kappa shape index (κ1) is 22.3. The Morgan fingerprint density at radius 3 is 2.00 bits per heavy atom. The Hall–Kier alpha value is -4.03. The van der Waals surface area contributed by atoms with Gasteiger partial charge in [0.15, 0.2) is 23.3 Å². The predicted octanol–water partition coefficient (Wildman–Crippen LogP) is 4.57. The molecule has 0 amide bonds. The summed E-state index contributed by atoms with van der Waals surface area (Å²) in [5.74, 6) is -8.20. The van der Waals surface area contributed by atoms with E-state index in [-0.39, 0.29) is 18.6 Å². The van der Waals surface area contributed by atoms with Gasteiger partial charge < -0.3 is 9.47 Å². The summed E-state index contributed by atoms with van der Waals surface area (Å²) in [7, 11) is 0. The molecule has 0 heterocycles. The Morgan fingerprint density at radius 1 is 0.967 bits per heavy atom. The molecule has 0 saturated carbocycles. The van der Waals surface area contributed by atoms with E-state index in [1.54, 1.807) is 0 Å². The summed E-state index contributed by atoms with van der Waals surface area (Å²) >= 11 is 0. The maximum atomic E-state index is 13.9. The SMILES string of the molecule is C#Cc1ccc(C(=O)OCCCOC(=O)c2c(F)c(F)c(N=[N+]=[N-])c(F)c2F)cc1. The highest BCUT2D eigenvalue weighted by atomic mass is 19.2. The fourth-order valence-corrected chi connectivity index (χ4v) is 2.18. The zero-order chi connectivity index (χ0) is 22.3. The monoisotopic (exact) mass is 421 g/mol. The van der Waals surface area contributed by atoms with E-state index in [0.717, 1.165) is 0 Å². The van der Waals surface area contributed by atoms with Gasteiger partial charge in [-0.2, -0.15) is 0 Å². The number of rotatable bonds is 7. The number of hydrogen-bond donors (Lipinski definition) is 0. The molecule has 0 aliphatic heterocycles. The lowest BCUT2D eigenvalue weighted by Gasteiger charge is -2.10. The van der Waals surface area contributed by atoms with Crippen LogP contribution in [0.25, 0.3) is 10.4 Å². The van der Waals surface area contributed by atoms with E-state index in [2.05, 4.69) is 15.8 Å². The molecular weight excluding hydrogens is 410 g/mol. The molecule has 154 valence electrons. The van der Waals surface area contributed by atoms with Crippen molar-refractivity contribution in [1.82, 2.24) is 0 Å². The lowest BCUT2D eigenvalue weighted by atomic mass is 10.1. The van der Waals surface area contributed by atoms with Gasteiger partial charge in [-0.15, -0.1) is 6.42 Å². The summed E-state index contributed by atoms with van der Waals surface area (Å²) in [5, 5.41) is 2.51. The van der Waals surface area contributed by atoms with Crippen molar-refractivity contribution in [2.24, 2.45) is 5.11 Å². The average Bonchev–Trinajstić information content (AvgIpc) is 2.75. The van der Waals surface area contributed by atoms with Gasteiger partial charge in [-0.3, -0.25) is 0 Å². The molecule has 0 aromatic heterocycles. The molecule has 0 atom stereocenters. The van der Waals surface area contributed by atoms with Gasteiger partial charge in [0.05, 0.1) is 18.8 Å². The van der Waals surface area contributed by atoms with Crippen molar-refractivity contribution < 1.29 is 36.6 Å². The van der Waals surface area contributed by atoms with Crippen LogP contribution in [0.1, 0.15) is 32.7 Å². The van der Waals surface area contributed by atoms with Gasteiger partial charge in [0.2, 0.25) is 0 Å². The van der Waals surface area contributed by atoms with E-state index in [9.17, 15) is 27.2 Å². The summed E-state index contributed by atoms with van der Waals surface area (Å²) in [6, 6.07) is 5.97. The van der Waals surface area contributed by atoms with Crippen molar-refractivity contribution in [3.8, 4) is 12.3 Å². The second-order valence-corrected chi connectivity index (χ2v) is 5.52. The number of nitrogens with zero attached hydrogens (tertiary/aromatic N) is 3. The predicted molar refractivity (Wildman–Crippen MR) is 94.6 cm³/mol. The van der Waals surface area contributed by atoms with Crippen molar-refractivity contribution in [3.05, 3.63) is 74.7 Å². The van der Waals surface area contributed by atoms with Gasteiger partial charge in [-0.05, 0) is 29.8 Å². The Labute approximate surface area is 166 Å². The fourth-order valence-electron chi connectivity index (χ4n) is 2.18. The van der Waals surface area contributed by atoms with E-state index in [0.29, 0.717) is 5.56 Å². The highest BCUT2D eigenvalue weighted by Crippen LogP contribution is 2.30. The van der Waals surface area contributed by atoms with Crippen LogP contribution in [0.2, 0.25) is 0 Å². The molecule has 0 unspecified atom stereocenters. The number of azide groups is 1. The van der Waals surface area contributed by atoms with Crippen LogP contribution >= 0.6 is 0 Å². The third-order valence-electron chi connectivity index (χ3n) is 3.63. The molecule has 0 bridgehead atoms. The van der Waals surface area contributed by atoms with Crippen LogP contribution in [0.4, 0.5) is 23.2 Å². The van der Waals surface area contributed by atoms with Crippen LogP contribution in [0, 0.1) is 35.6 Å². The topological polar surface area (TPSA) is 101 Å². The van der Waals surface area contributed by atoms with Gasteiger partial charge in [0, 0.05) is 16.9 Å². The van der Waals surface area contributed by atoms with Crippen molar-refractivity contribution in [2.45, 2.75) is 6.42 Å². The van der Waals surface area contributed by atoms with Gasteiger partial charge >= 0.3 is 11.9 Å². The summed E-state index contributed by atoms with van der Waals surface area (Å²) < 4.78 is 64.5. The third kappa shape index (κ3) is 4.87. The molecule has 30 heavy (non-hydrogen) atoms. The smallest absolute Gasteiger partial charge is 0.344 e. The lowest BCUT2D eigenvalue weighted by Crippen LogP contribution is -2.15. The standard InChI is InChI=1S/C19H11F4N3O4/c1-2-10-4-6-11(7-5-10)18(27)29-8-3-9-30-19(28)12-13(20)15(22)17(25-26-24)16(23)14(12)21/h1,4-7H,3,8-9H2. The van der Waals surface area contributed by atoms with Gasteiger partial charge in [-0.25, -0.2) is 27.2 Å². The number of hydrogen-bond acceptors (Lipinski definition) is 5. The van der Waals surface area contributed by atoms with Crippen LogP contribution in [-0.4, -0.2) is 25.2 Å². The largest absolute Gasteiger partial charge is 0.462 e. The number of benzene rings is 2. The van der Waals surface area contributed by atoms with E-state index < -0.39 is 53.1 Å². The minimum absolute atomic E-state index is 0.0646. The first-order valence-electron chi connectivity index (χ1n) is 8.13. The summed E-state index contributed by atoms with van der Waals surface area (Å²) in [6.45, 7) is -0.686. The molecule has 2 aromatic carbocycles. The Kier molecular flexibility index (Phi) is 7.38. The number of carbonyl (C=O) groups is 2. The number of terminal acetylenes is 1. The van der Waals surface area contributed by atoms with Crippen LogP contribution in [-0.2, 0) is 9.47 Å². The second-order valence-electron chi connectivity index (χ2n) is 5.52. The van der Waals surface area contributed by atoms with Crippen LogP contribution in [0.3, 0.4) is 0 Å². The summed E-state index contributed by atoms with van der Waals surface area (Å²) in [4.78, 5) is 25.6. The normalized spacial score (nSPS) is 9.97. The molecule has 2 rings (SSSR count). The maximum absolute atomic E-state index is 13.9. The van der Waals surface area contributed by atoms with E-state index in [1.807, 2.05) is 4.91 Å². The quantitative estimate of drug-likeness (QED) is 0.0955. The minimum Gasteiger partial charge on any atom is -0.462 e. The maximum Gasteiger partial charge on any atom is 0.344 e. The third-order valence-corrected chi connectivity index (χ3v) is 3.63. The van der Waals surface area contributed by atoms with Crippen molar-refractivity contribution in [1.29, 1.82) is 0 Å². The minimum atomic E-state index is -2.07. The molecule has 0 N–H and O–H groups in total. The van der Waals surface area contributed by atoms with E-state index in [1.165, 1.54) is 24.3 Å². The van der Waals surface area contributed by atoms with Crippen molar-refractivity contribution in [3.63, 3.8) is 0 Å². The van der Waals surface area contributed by atoms with E-state index in [4.69, 9.17) is 16.7 Å². The van der Waals surface area contributed by atoms with Crippen molar-refractivity contribution >= 4 is 17.6 Å². The molecule has 0 saturated heterocycles. The average molecular weight is 421 g/mol. The van der Waals surface area contributed by atoms with Gasteiger partial charge in [0.25, 0.3) is 0 Å². The number of halogens is 4. The first-order chi connectivity index (χ1) is 14.3. The second kappa shape index (κ2) is 9.95. The zero-order valence-corrected chi connectivity index (χ0v) is 15.0. The molecular formula is C19H11F4N3O4. The Balaban J connectivity index is 1.93. The molecule has 0 fully saturated rings. The molecule has 0 radical (unpaired) electrons. The zero-order valence-electron chi connectivity index (χ0n) is 15.0. The number of carbonyl (C=O) groups excluding carboxylic acids is 2. The van der Waals surface area contributed by atoms with Crippen LogP contribution < -0.4 is 0 Å². The van der Waals surface area contributed by atoms with Crippen LogP contribution in [0.15, 0.2) is 29.4 Å². The fraction of sp³-hybridized carbons (Fsp3) is 0.158. The molecule has 0 spiro atoms. The number of ether oxygens (including phenoxy) is 2. The van der Waals surface area contributed by atoms with E-state index >= 15 is 0 Å². The molecule has 0 aliphatic carbocycles. The molecule has 11 heteroatoms. The first-order valence-corrected chi connectivity index (χ1v) is 8.13. The van der Waals surface area contributed by atoms with Crippen molar-refractivity contribution in [2.75, 3.05) is 13.2 Å². The number of esters is 2. The highest BCUT2D eigenvalue weighted by Gasteiger charge is 2.29. The summed E-state index contributed by atoms with van der Waals surface area (Å²) in [5.41, 5.74) is 5.80.